The zero-order valence-corrected chi connectivity index (χ0v) is 13.8. The molecular formula is C16H25ClN2S. The zero-order chi connectivity index (χ0) is 14.2. The summed E-state index contributed by atoms with van der Waals surface area (Å²) in [5.41, 5.74) is 1.21. The SMILES string of the molecule is CCNC(CSC1CCCCC1)Cc1ccncc1Cl. The van der Waals surface area contributed by atoms with Crippen LogP contribution in [0.2, 0.25) is 5.02 Å². The molecule has 20 heavy (non-hydrogen) atoms. The molecule has 1 aromatic heterocycles. The Hall–Kier alpha value is -0.250. The lowest BCUT2D eigenvalue weighted by Crippen LogP contribution is -2.34. The molecule has 0 spiro atoms. The number of hydrogen-bond acceptors (Lipinski definition) is 3. The van der Waals surface area contributed by atoms with Crippen LogP contribution in [0.1, 0.15) is 44.6 Å². The highest BCUT2D eigenvalue weighted by molar-refractivity contribution is 7.99. The predicted molar refractivity (Wildman–Crippen MR) is 89.7 cm³/mol. The van der Waals surface area contributed by atoms with Gasteiger partial charge in [-0.25, -0.2) is 0 Å². The number of halogens is 1. The van der Waals surface area contributed by atoms with Crippen LogP contribution >= 0.6 is 23.4 Å². The Morgan fingerprint density at radius 2 is 2.20 bits per heavy atom. The largest absolute Gasteiger partial charge is 0.313 e. The van der Waals surface area contributed by atoms with Crippen molar-refractivity contribution in [3.8, 4) is 0 Å². The zero-order valence-electron chi connectivity index (χ0n) is 12.3. The summed E-state index contributed by atoms with van der Waals surface area (Å²) >= 11 is 8.37. The van der Waals surface area contributed by atoms with Crippen molar-refractivity contribution in [2.24, 2.45) is 0 Å². The van der Waals surface area contributed by atoms with Crippen molar-refractivity contribution < 1.29 is 0 Å². The second-order valence-corrected chi connectivity index (χ2v) is 7.26. The highest BCUT2D eigenvalue weighted by Crippen LogP contribution is 2.29. The quantitative estimate of drug-likeness (QED) is 0.811. The Morgan fingerprint density at radius 3 is 2.90 bits per heavy atom. The highest BCUT2D eigenvalue weighted by Gasteiger charge is 2.17. The molecule has 0 radical (unpaired) electrons. The summed E-state index contributed by atoms with van der Waals surface area (Å²) in [7, 11) is 0. The molecule has 1 unspecified atom stereocenters. The minimum atomic E-state index is 0.506. The van der Waals surface area contributed by atoms with Crippen molar-refractivity contribution in [3.63, 3.8) is 0 Å². The van der Waals surface area contributed by atoms with Crippen LogP contribution in [0, 0.1) is 0 Å². The van der Waals surface area contributed by atoms with E-state index in [0.29, 0.717) is 6.04 Å². The molecule has 1 aromatic rings. The molecule has 1 saturated carbocycles. The minimum Gasteiger partial charge on any atom is -0.313 e. The van der Waals surface area contributed by atoms with Crippen LogP contribution < -0.4 is 5.32 Å². The summed E-state index contributed by atoms with van der Waals surface area (Å²) in [6, 6.07) is 2.55. The summed E-state index contributed by atoms with van der Waals surface area (Å²) in [4.78, 5) is 4.06. The number of nitrogens with one attached hydrogen (secondary N) is 1. The highest BCUT2D eigenvalue weighted by atomic mass is 35.5. The van der Waals surface area contributed by atoms with Gasteiger partial charge in [0.15, 0.2) is 0 Å². The third-order valence-electron chi connectivity index (χ3n) is 3.90. The van der Waals surface area contributed by atoms with Crippen LogP contribution in [0.15, 0.2) is 18.5 Å². The third-order valence-corrected chi connectivity index (χ3v) is 5.78. The van der Waals surface area contributed by atoms with Crippen molar-refractivity contribution in [1.82, 2.24) is 10.3 Å². The smallest absolute Gasteiger partial charge is 0.0621 e. The molecule has 1 N–H and O–H groups in total. The summed E-state index contributed by atoms with van der Waals surface area (Å²) < 4.78 is 0. The fourth-order valence-electron chi connectivity index (χ4n) is 2.80. The minimum absolute atomic E-state index is 0.506. The predicted octanol–water partition coefficient (Wildman–Crippen LogP) is 4.32. The number of pyridine rings is 1. The van der Waals surface area contributed by atoms with Crippen molar-refractivity contribution in [2.45, 2.75) is 56.7 Å². The number of rotatable bonds is 7. The maximum Gasteiger partial charge on any atom is 0.0621 e. The maximum absolute atomic E-state index is 6.22. The van der Waals surface area contributed by atoms with Crippen LogP contribution in [0.5, 0.6) is 0 Å². The molecule has 1 fully saturated rings. The average molecular weight is 313 g/mol. The van der Waals surface area contributed by atoms with Crippen LogP contribution in [-0.4, -0.2) is 28.6 Å². The molecular weight excluding hydrogens is 288 g/mol. The van der Waals surface area contributed by atoms with Crippen molar-refractivity contribution in [3.05, 3.63) is 29.0 Å². The maximum atomic E-state index is 6.22. The van der Waals surface area contributed by atoms with E-state index in [1.165, 1.54) is 43.4 Å². The molecule has 1 aliphatic carbocycles. The fraction of sp³-hybridized carbons (Fsp3) is 0.688. The van der Waals surface area contributed by atoms with E-state index in [4.69, 9.17) is 11.6 Å². The van der Waals surface area contributed by atoms with Gasteiger partial charge in [0.1, 0.15) is 0 Å². The van der Waals surface area contributed by atoms with Gasteiger partial charge in [0, 0.05) is 29.4 Å². The van der Waals surface area contributed by atoms with Gasteiger partial charge < -0.3 is 5.32 Å². The summed E-state index contributed by atoms with van der Waals surface area (Å²) in [6.45, 7) is 3.19. The Labute approximate surface area is 132 Å². The van der Waals surface area contributed by atoms with E-state index < -0.39 is 0 Å². The van der Waals surface area contributed by atoms with Crippen LogP contribution in [0.3, 0.4) is 0 Å². The lowest BCUT2D eigenvalue weighted by Gasteiger charge is -2.24. The topological polar surface area (TPSA) is 24.9 Å². The van der Waals surface area contributed by atoms with Gasteiger partial charge in [0.25, 0.3) is 0 Å². The first-order valence-corrected chi connectivity index (χ1v) is 9.15. The number of hydrogen-bond donors (Lipinski definition) is 1. The number of nitrogens with zero attached hydrogens (tertiary/aromatic N) is 1. The van der Waals surface area contributed by atoms with E-state index >= 15 is 0 Å². The normalized spacial score (nSPS) is 18.1. The first kappa shape index (κ1) is 16.1. The Bertz CT molecular complexity index is 394. The molecule has 2 rings (SSSR count). The molecule has 0 amide bonds. The Morgan fingerprint density at radius 1 is 1.40 bits per heavy atom. The second-order valence-electron chi connectivity index (χ2n) is 5.52. The van der Waals surface area contributed by atoms with Gasteiger partial charge in [0.05, 0.1) is 5.02 Å². The van der Waals surface area contributed by atoms with Gasteiger partial charge >= 0.3 is 0 Å². The van der Waals surface area contributed by atoms with Gasteiger partial charge in [-0.15, -0.1) is 0 Å². The first-order valence-electron chi connectivity index (χ1n) is 7.73. The third kappa shape index (κ3) is 5.27. The molecule has 0 aromatic carbocycles. The molecule has 2 nitrogen and oxygen atoms in total. The molecule has 1 atom stereocenters. The van der Waals surface area contributed by atoms with Crippen molar-refractivity contribution in [1.29, 1.82) is 0 Å². The van der Waals surface area contributed by atoms with Gasteiger partial charge in [-0.05, 0) is 37.4 Å². The van der Waals surface area contributed by atoms with Crippen LogP contribution in [0.4, 0.5) is 0 Å². The number of aromatic nitrogens is 1. The molecule has 1 aliphatic rings. The fourth-order valence-corrected chi connectivity index (χ4v) is 4.40. The molecule has 112 valence electrons. The van der Waals surface area contributed by atoms with E-state index in [1.807, 2.05) is 12.3 Å². The van der Waals surface area contributed by atoms with Crippen molar-refractivity contribution >= 4 is 23.4 Å². The van der Waals surface area contributed by atoms with E-state index in [1.54, 1.807) is 6.20 Å². The summed E-state index contributed by atoms with van der Waals surface area (Å²) in [5.74, 6) is 1.18. The van der Waals surface area contributed by atoms with E-state index in [9.17, 15) is 0 Å². The second kappa shape index (κ2) is 8.91. The first-order chi connectivity index (χ1) is 9.79. The average Bonchev–Trinajstić information content (AvgIpc) is 2.48. The van der Waals surface area contributed by atoms with Gasteiger partial charge in [-0.3, -0.25) is 4.98 Å². The molecule has 0 bridgehead atoms. The Kier molecular flexibility index (Phi) is 7.18. The number of likely N-dealkylation sites (N-methyl/N-ethyl adjacent to an activating group) is 1. The van der Waals surface area contributed by atoms with Crippen LogP contribution in [0.25, 0.3) is 0 Å². The van der Waals surface area contributed by atoms with E-state index in [0.717, 1.165) is 23.2 Å². The van der Waals surface area contributed by atoms with Gasteiger partial charge in [0.2, 0.25) is 0 Å². The molecule has 0 saturated heterocycles. The van der Waals surface area contributed by atoms with E-state index in [2.05, 4.69) is 29.0 Å². The van der Waals surface area contributed by atoms with Gasteiger partial charge in [-0.1, -0.05) is 37.8 Å². The molecule has 4 heteroatoms. The van der Waals surface area contributed by atoms with Crippen molar-refractivity contribution in [2.75, 3.05) is 12.3 Å². The lowest BCUT2D eigenvalue weighted by molar-refractivity contribution is 0.513. The summed E-state index contributed by atoms with van der Waals surface area (Å²) in [5, 5.41) is 5.26. The van der Waals surface area contributed by atoms with Crippen LogP contribution in [-0.2, 0) is 6.42 Å². The standard InChI is InChI=1S/C16H25ClN2S/c1-2-19-14(10-13-8-9-18-11-16(13)17)12-20-15-6-4-3-5-7-15/h8-9,11,14-15,19H,2-7,10,12H2,1H3. The molecule has 0 aliphatic heterocycles. The Balaban J connectivity index is 1.84. The lowest BCUT2D eigenvalue weighted by atomic mass is 10.0. The monoisotopic (exact) mass is 312 g/mol. The van der Waals surface area contributed by atoms with E-state index in [-0.39, 0.29) is 0 Å². The number of thioether (sulfide) groups is 1. The summed E-state index contributed by atoms with van der Waals surface area (Å²) in [6.07, 6.45) is 11.6. The van der Waals surface area contributed by atoms with Gasteiger partial charge in [-0.2, -0.15) is 11.8 Å². The molecule has 1 heterocycles.